The average molecular weight is 454 g/mol. The molecule has 0 heterocycles. The smallest absolute Gasteiger partial charge is 0.303 e. The predicted molar refractivity (Wildman–Crippen MR) is 119 cm³/mol. The number of nitrogens with one attached hydrogen (secondary N) is 1. The van der Waals surface area contributed by atoms with E-state index in [2.05, 4.69) is 39.4 Å². The van der Waals surface area contributed by atoms with Crippen molar-refractivity contribution >= 4 is 27.6 Å². The van der Waals surface area contributed by atoms with E-state index in [9.17, 15) is 4.79 Å². The van der Waals surface area contributed by atoms with Crippen LogP contribution in [0.3, 0.4) is 0 Å². The summed E-state index contributed by atoms with van der Waals surface area (Å²) in [5.74, 6) is 0.109. The highest BCUT2D eigenvalue weighted by molar-refractivity contribution is 9.10. The fourth-order valence-electron chi connectivity index (χ4n) is 2.99. The number of carboxylic acids is 1. The maximum absolute atomic E-state index is 10.6. The number of anilines is 1. The lowest BCUT2D eigenvalue weighted by molar-refractivity contribution is -0.137. The minimum absolute atomic E-state index is 0.203. The fraction of sp³-hybridized carbons (Fsp3) is 0.208. The van der Waals surface area contributed by atoms with Crippen LogP contribution in [0.25, 0.3) is 0 Å². The van der Waals surface area contributed by atoms with Gasteiger partial charge >= 0.3 is 5.97 Å². The van der Waals surface area contributed by atoms with Gasteiger partial charge in [0.15, 0.2) is 0 Å². The maximum atomic E-state index is 10.6. The number of carboxylic acid groups (broad SMARTS) is 1. The lowest BCUT2D eigenvalue weighted by atomic mass is 10.1. The summed E-state index contributed by atoms with van der Waals surface area (Å²) in [6.45, 7) is 1.17. The first-order valence-electron chi connectivity index (χ1n) is 9.60. The van der Waals surface area contributed by atoms with E-state index >= 15 is 0 Å². The molecule has 3 rings (SSSR count). The molecule has 0 unspecified atom stereocenters. The van der Waals surface area contributed by atoms with Gasteiger partial charge in [0.25, 0.3) is 0 Å². The molecule has 150 valence electrons. The highest BCUT2D eigenvalue weighted by Crippen LogP contribution is 2.25. The van der Waals surface area contributed by atoms with Gasteiger partial charge < -0.3 is 15.2 Å². The third-order valence-electron chi connectivity index (χ3n) is 4.55. The number of aryl methyl sites for hydroxylation is 1. The first-order valence-corrected chi connectivity index (χ1v) is 10.4. The highest BCUT2D eigenvalue weighted by atomic mass is 79.9. The molecule has 2 N–H and O–H groups in total. The summed E-state index contributed by atoms with van der Waals surface area (Å²) in [4.78, 5) is 10.6. The number of aliphatic carboxylic acids is 1. The number of carbonyl (C=O) groups is 1. The molecule has 0 saturated heterocycles. The SMILES string of the molecule is O=C(O)CCCc1ccc(NCc2cc(Br)ccc2OCc2ccccc2)cc1. The summed E-state index contributed by atoms with van der Waals surface area (Å²) in [5, 5.41) is 12.2. The zero-order chi connectivity index (χ0) is 20.5. The molecule has 0 amide bonds. The second kappa shape index (κ2) is 10.7. The van der Waals surface area contributed by atoms with Gasteiger partial charge in [0.05, 0.1) is 0 Å². The van der Waals surface area contributed by atoms with Crippen LogP contribution in [-0.2, 0) is 24.4 Å². The van der Waals surface area contributed by atoms with Crippen molar-refractivity contribution < 1.29 is 14.6 Å². The topological polar surface area (TPSA) is 58.6 Å². The molecule has 29 heavy (non-hydrogen) atoms. The Morgan fingerprint density at radius 3 is 2.45 bits per heavy atom. The molecule has 5 heteroatoms. The lowest BCUT2D eigenvalue weighted by Crippen LogP contribution is -2.04. The number of hydrogen-bond acceptors (Lipinski definition) is 3. The molecule has 0 aliphatic carbocycles. The van der Waals surface area contributed by atoms with Gasteiger partial charge in [-0.3, -0.25) is 4.79 Å². The van der Waals surface area contributed by atoms with E-state index < -0.39 is 5.97 Å². The van der Waals surface area contributed by atoms with E-state index in [0.717, 1.165) is 39.0 Å². The van der Waals surface area contributed by atoms with E-state index in [0.29, 0.717) is 19.6 Å². The standard InChI is InChI=1S/C24H24BrNO3/c25-21-11-14-23(29-17-19-5-2-1-3-6-19)20(15-21)16-26-22-12-9-18(10-13-22)7-4-8-24(27)28/h1-3,5-6,9-15,26H,4,7-8,16-17H2,(H,27,28). The minimum Gasteiger partial charge on any atom is -0.489 e. The van der Waals surface area contributed by atoms with Crippen molar-refractivity contribution in [1.82, 2.24) is 0 Å². The second-order valence-electron chi connectivity index (χ2n) is 6.82. The largest absolute Gasteiger partial charge is 0.489 e. The molecule has 0 saturated carbocycles. The summed E-state index contributed by atoms with van der Waals surface area (Å²) >= 11 is 3.54. The van der Waals surface area contributed by atoms with Crippen LogP contribution >= 0.6 is 15.9 Å². The van der Waals surface area contributed by atoms with Gasteiger partial charge in [-0.1, -0.05) is 58.4 Å². The number of halogens is 1. The van der Waals surface area contributed by atoms with Crippen molar-refractivity contribution in [3.63, 3.8) is 0 Å². The van der Waals surface area contributed by atoms with Gasteiger partial charge in [-0.25, -0.2) is 0 Å². The van der Waals surface area contributed by atoms with E-state index in [1.807, 2.05) is 54.6 Å². The summed E-state index contributed by atoms with van der Waals surface area (Å²) in [6.07, 6.45) is 1.63. The van der Waals surface area contributed by atoms with Crippen molar-refractivity contribution in [2.24, 2.45) is 0 Å². The van der Waals surface area contributed by atoms with Crippen LogP contribution in [-0.4, -0.2) is 11.1 Å². The summed E-state index contributed by atoms with van der Waals surface area (Å²) in [6, 6.07) is 24.3. The molecule has 0 aliphatic rings. The highest BCUT2D eigenvalue weighted by Gasteiger charge is 2.06. The van der Waals surface area contributed by atoms with Crippen LogP contribution in [0.4, 0.5) is 5.69 Å². The Balaban J connectivity index is 1.58. The Morgan fingerprint density at radius 1 is 0.966 bits per heavy atom. The van der Waals surface area contributed by atoms with Crippen molar-refractivity contribution in [3.8, 4) is 5.75 Å². The average Bonchev–Trinajstić information content (AvgIpc) is 2.73. The summed E-state index contributed by atoms with van der Waals surface area (Å²) in [5.41, 5.74) is 4.36. The molecule has 0 aromatic heterocycles. The van der Waals surface area contributed by atoms with Gasteiger partial charge in [-0.2, -0.15) is 0 Å². The van der Waals surface area contributed by atoms with Crippen LogP contribution in [0.5, 0.6) is 5.75 Å². The molecule has 3 aromatic carbocycles. The zero-order valence-electron chi connectivity index (χ0n) is 16.1. The molecule has 0 atom stereocenters. The van der Waals surface area contributed by atoms with E-state index in [1.54, 1.807) is 0 Å². The molecular weight excluding hydrogens is 430 g/mol. The Hall–Kier alpha value is -2.79. The second-order valence-corrected chi connectivity index (χ2v) is 7.74. The van der Waals surface area contributed by atoms with E-state index in [1.165, 1.54) is 0 Å². The number of benzene rings is 3. The van der Waals surface area contributed by atoms with Gasteiger partial charge in [0.1, 0.15) is 12.4 Å². The van der Waals surface area contributed by atoms with Crippen LogP contribution < -0.4 is 10.1 Å². The summed E-state index contributed by atoms with van der Waals surface area (Å²) in [7, 11) is 0. The Bertz CT molecular complexity index is 927. The van der Waals surface area contributed by atoms with Crippen molar-refractivity contribution in [2.75, 3.05) is 5.32 Å². The molecule has 4 nitrogen and oxygen atoms in total. The van der Waals surface area contributed by atoms with Crippen LogP contribution in [0.15, 0.2) is 77.3 Å². The number of hydrogen-bond donors (Lipinski definition) is 2. The summed E-state index contributed by atoms with van der Waals surface area (Å²) < 4.78 is 7.05. The van der Waals surface area contributed by atoms with Crippen molar-refractivity contribution in [2.45, 2.75) is 32.4 Å². The Labute approximate surface area is 179 Å². The fourth-order valence-corrected chi connectivity index (χ4v) is 3.40. The quantitative estimate of drug-likeness (QED) is 0.392. The molecule has 0 fully saturated rings. The normalized spacial score (nSPS) is 10.5. The molecule has 0 bridgehead atoms. The van der Waals surface area contributed by atoms with Gasteiger partial charge in [0, 0.05) is 28.7 Å². The Kier molecular flexibility index (Phi) is 7.70. The number of rotatable bonds is 10. The van der Waals surface area contributed by atoms with E-state index in [-0.39, 0.29) is 6.42 Å². The lowest BCUT2D eigenvalue weighted by Gasteiger charge is -2.14. The van der Waals surface area contributed by atoms with Crippen molar-refractivity contribution in [3.05, 3.63) is 94.0 Å². The van der Waals surface area contributed by atoms with Gasteiger partial charge in [0.2, 0.25) is 0 Å². The Morgan fingerprint density at radius 2 is 1.72 bits per heavy atom. The molecule has 0 radical (unpaired) electrons. The van der Waals surface area contributed by atoms with Gasteiger partial charge in [-0.05, 0) is 54.3 Å². The minimum atomic E-state index is -0.748. The predicted octanol–water partition coefficient (Wildman–Crippen LogP) is 6.05. The third-order valence-corrected chi connectivity index (χ3v) is 5.05. The molecule has 0 spiro atoms. The van der Waals surface area contributed by atoms with E-state index in [4.69, 9.17) is 9.84 Å². The van der Waals surface area contributed by atoms with Gasteiger partial charge in [-0.15, -0.1) is 0 Å². The first kappa shape index (κ1) is 20.9. The maximum Gasteiger partial charge on any atom is 0.303 e. The van der Waals surface area contributed by atoms with Crippen molar-refractivity contribution in [1.29, 1.82) is 0 Å². The molecule has 0 aliphatic heterocycles. The number of ether oxygens (including phenoxy) is 1. The first-order chi connectivity index (χ1) is 14.1. The van der Waals surface area contributed by atoms with Crippen LogP contribution in [0.1, 0.15) is 29.5 Å². The monoisotopic (exact) mass is 453 g/mol. The third kappa shape index (κ3) is 6.95. The van der Waals surface area contributed by atoms with Crippen LogP contribution in [0.2, 0.25) is 0 Å². The molecular formula is C24H24BrNO3. The zero-order valence-corrected chi connectivity index (χ0v) is 17.7. The molecule has 3 aromatic rings. The van der Waals surface area contributed by atoms with Crippen LogP contribution in [0, 0.1) is 0 Å².